The lowest BCUT2D eigenvalue weighted by molar-refractivity contribution is -0.385. The zero-order valence-electron chi connectivity index (χ0n) is 6.17. The van der Waals surface area contributed by atoms with Gasteiger partial charge >= 0.3 is 11.7 Å². The van der Waals surface area contributed by atoms with E-state index in [4.69, 9.17) is 10.2 Å². The van der Waals surface area contributed by atoms with Gasteiger partial charge in [-0.25, -0.2) is 9.78 Å². The van der Waals surface area contributed by atoms with E-state index in [1.54, 1.807) is 0 Å². The van der Waals surface area contributed by atoms with E-state index in [2.05, 4.69) is 4.98 Å². The minimum absolute atomic E-state index is 0.447. The Bertz CT molecular complexity index is 375. The zero-order valence-corrected chi connectivity index (χ0v) is 6.17. The lowest BCUT2D eigenvalue weighted by Crippen LogP contribution is -2.04. The van der Waals surface area contributed by atoms with Crippen LogP contribution in [0.2, 0.25) is 0 Å². The number of aromatic nitrogens is 1. The Labute approximate surface area is 71.4 Å². The van der Waals surface area contributed by atoms with Gasteiger partial charge in [0.05, 0.1) is 17.2 Å². The molecule has 0 aromatic carbocycles. The number of hydrogen-bond acceptors (Lipinski definition) is 5. The van der Waals surface area contributed by atoms with Crippen molar-refractivity contribution in [1.82, 2.24) is 4.98 Å². The second-order valence-corrected chi connectivity index (χ2v) is 2.12. The van der Waals surface area contributed by atoms with E-state index in [0.29, 0.717) is 0 Å². The van der Waals surface area contributed by atoms with E-state index in [-0.39, 0.29) is 0 Å². The fourth-order valence-electron chi connectivity index (χ4n) is 0.746. The Morgan fingerprint density at radius 1 is 1.62 bits per heavy atom. The van der Waals surface area contributed by atoms with Crippen LogP contribution in [0.5, 0.6) is 5.75 Å². The first kappa shape index (κ1) is 8.91. The van der Waals surface area contributed by atoms with Crippen molar-refractivity contribution in [2.24, 2.45) is 0 Å². The smallest absolute Gasteiger partial charge is 0.361 e. The van der Waals surface area contributed by atoms with Gasteiger partial charge in [0, 0.05) is 0 Å². The Balaban J connectivity index is 3.35. The highest BCUT2D eigenvalue weighted by atomic mass is 16.6. The van der Waals surface area contributed by atoms with Crippen LogP contribution in [0.15, 0.2) is 12.3 Å². The molecule has 0 saturated carbocycles. The zero-order chi connectivity index (χ0) is 10.0. The second kappa shape index (κ2) is 3.05. The third kappa shape index (κ3) is 1.70. The molecule has 0 saturated heterocycles. The number of rotatable bonds is 2. The van der Waals surface area contributed by atoms with Gasteiger partial charge in [0.15, 0.2) is 0 Å². The number of carboxylic acid groups (broad SMARTS) is 1. The lowest BCUT2D eigenvalue weighted by atomic mass is 10.3. The van der Waals surface area contributed by atoms with Crippen molar-refractivity contribution in [2.75, 3.05) is 0 Å². The number of pyridine rings is 1. The van der Waals surface area contributed by atoms with Gasteiger partial charge in [-0.15, -0.1) is 0 Å². The molecule has 2 N–H and O–H groups in total. The first-order chi connectivity index (χ1) is 6.02. The van der Waals surface area contributed by atoms with Crippen LogP contribution in [0.4, 0.5) is 5.69 Å². The van der Waals surface area contributed by atoms with Crippen LogP contribution < -0.4 is 0 Å². The first-order valence-electron chi connectivity index (χ1n) is 3.09. The third-order valence-electron chi connectivity index (χ3n) is 1.25. The van der Waals surface area contributed by atoms with Gasteiger partial charge in [0.2, 0.25) is 5.69 Å². The van der Waals surface area contributed by atoms with Crippen molar-refractivity contribution in [3.05, 3.63) is 28.1 Å². The minimum Gasteiger partial charge on any atom is -0.506 e. The molecule has 0 amide bonds. The van der Waals surface area contributed by atoms with Gasteiger partial charge < -0.3 is 10.2 Å². The molecule has 1 heterocycles. The van der Waals surface area contributed by atoms with Crippen LogP contribution >= 0.6 is 0 Å². The van der Waals surface area contributed by atoms with Crippen LogP contribution in [0.1, 0.15) is 10.5 Å². The summed E-state index contributed by atoms with van der Waals surface area (Å²) in [4.78, 5) is 22.9. The number of nitrogens with zero attached hydrogens (tertiary/aromatic N) is 2. The number of hydrogen-bond donors (Lipinski definition) is 2. The quantitative estimate of drug-likeness (QED) is 0.507. The molecular formula is C6H4N2O5. The molecule has 1 rings (SSSR count). The fourth-order valence-corrected chi connectivity index (χ4v) is 0.746. The molecular weight excluding hydrogens is 180 g/mol. The molecule has 0 fully saturated rings. The average Bonchev–Trinajstić information content (AvgIpc) is 2.03. The maximum absolute atomic E-state index is 10.4. The van der Waals surface area contributed by atoms with Gasteiger partial charge in [-0.1, -0.05) is 0 Å². The Morgan fingerprint density at radius 3 is 2.69 bits per heavy atom. The van der Waals surface area contributed by atoms with E-state index in [1.165, 1.54) is 0 Å². The summed E-state index contributed by atoms with van der Waals surface area (Å²) in [6.07, 6.45) is 0.830. The van der Waals surface area contributed by atoms with Gasteiger partial charge in [-0.3, -0.25) is 10.1 Å². The van der Waals surface area contributed by atoms with Crippen molar-refractivity contribution >= 4 is 11.7 Å². The van der Waals surface area contributed by atoms with Crippen LogP contribution in [0.3, 0.4) is 0 Å². The summed E-state index contributed by atoms with van der Waals surface area (Å²) >= 11 is 0. The number of carbonyl (C=O) groups is 1. The molecule has 0 unspecified atom stereocenters. The van der Waals surface area contributed by atoms with Crippen LogP contribution in [-0.2, 0) is 0 Å². The Hall–Kier alpha value is -2.18. The predicted octanol–water partition coefficient (Wildman–Crippen LogP) is 0.394. The van der Waals surface area contributed by atoms with Gasteiger partial charge in [-0.2, -0.15) is 0 Å². The molecule has 0 atom stereocenters. The number of aromatic hydroxyl groups is 1. The number of nitro groups is 1. The van der Waals surface area contributed by atoms with Crippen LogP contribution in [-0.4, -0.2) is 26.1 Å². The maximum Gasteiger partial charge on any atom is 0.361 e. The summed E-state index contributed by atoms with van der Waals surface area (Å²) in [5.41, 5.74) is -1.42. The second-order valence-electron chi connectivity index (χ2n) is 2.12. The number of carboxylic acids is 1. The Morgan fingerprint density at radius 2 is 2.23 bits per heavy atom. The third-order valence-corrected chi connectivity index (χ3v) is 1.25. The van der Waals surface area contributed by atoms with Crippen molar-refractivity contribution < 1.29 is 19.9 Å². The predicted molar refractivity (Wildman–Crippen MR) is 39.5 cm³/mol. The standard InChI is InChI=1S/C6H4N2O5/c9-3-1-4(8(12)13)5(6(10)11)7-2-3/h1-2,9H,(H,10,11). The summed E-state index contributed by atoms with van der Waals surface area (Å²) in [7, 11) is 0. The normalized spacial score (nSPS) is 9.54. The summed E-state index contributed by atoms with van der Waals surface area (Å²) < 4.78 is 0. The molecule has 13 heavy (non-hydrogen) atoms. The molecule has 7 heteroatoms. The Kier molecular flexibility index (Phi) is 2.09. The minimum atomic E-state index is -1.51. The molecule has 0 spiro atoms. The molecule has 1 aromatic heterocycles. The average molecular weight is 184 g/mol. The monoisotopic (exact) mass is 184 g/mol. The van der Waals surface area contributed by atoms with Gasteiger partial charge in [-0.05, 0) is 0 Å². The summed E-state index contributed by atoms with van der Waals surface area (Å²) in [6.45, 7) is 0. The summed E-state index contributed by atoms with van der Waals surface area (Å²) in [6, 6.07) is 0.733. The maximum atomic E-state index is 10.4. The number of aromatic carboxylic acids is 1. The highest BCUT2D eigenvalue weighted by Gasteiger charge is 2.21. The van der Waals surface area contributed by atoms with Gasteiger partial charge in [0.1, 0.15) is 5.75 Å². The van der Waals surface area contributed by atoms with E-state index < -0.39 is 28.0 Å². The first-order valence-corrected chi connectivity index (χ1v) is 3.09. The molecule has 0 bridgehead atoms. The molecule has 68 valence electrons. The molecule has 0 aliphatic carbocycles. The highest BCUT2D eigenvalue weighted by molar-refractivity contribution is 5.90. The van der Waals surface area contributed by atoms with E-state index in [9.17, 15) is 14.9 Å². The molecule has 0 radical (unpaired) electrons. The topological polar surface area (TPSA) is 114 Å². The fraction of sp³-hybridized carbons (Fsp3) is 0. The van der Waals surface area contributed by atoms with Crippen LogP contribution in [0, 0.1) is 10.1 Å². The molecule has 0 aliphatic heterocycles. The molecule has 7 nitrogen and oxygen atoms in total. The molecule has 1 aromatic rings. The van der Waals surface area contributed by atoms with Gasteiger partial charge in [0.25, 0.3) is 0 Å². The largest absolute Gasteiger partial charge is 0.506 e. The van der Waals surface area contributed by atoms with E-state index in [0.717, 1.165) is 12.3 Å². The summed E-state index contributed by atoms with van der Waals surface area (Å²) in [5, 5.41) is 27.5. The SMILES string of the molecule is O=C(O)c1ncc(O)cc1[N+](=O)[O-]. The molecule has 0 aliphatic rings. The summed E-state index contributed by atoms with van der Waals surface area (Å²) in [5.74, 6) is -1.96. The van der Waals surface area contributed by atoms with Crippen molar-refractivity contribution in [3.63, 3.8) is 0 Å². The van der Waals surface area contributed by atoms with Crippen LogP contribution in [0.25, 0.3) is 0 Å². The van der Waals surface area contributed by atoms with Crippen molar-refractivity contribution in [1.29, 1.82) is 0 Å². The van der Waals surface area contributed by atoms with Crippen molar-refractivity contribution in [2.45, 2.75) is 0 Å². The van der Waals surface area contributed by atoms with E-state index in [1.807, 2.05) is 0 Å². The van der Waals surface area contributed by atoms with Crippen molar-refractivity contribution in [3.8, 4) is 5.75 Å². The van der Waals surface area contributed by atoms with E-state index >= 15 is 0 Å². The lowest BCUT2D eigenvalue weighted by Gasteiger charge is -1.96. The highest BCUT2D eigenvalue weighted by Crippen LogP contribution is 2.20.